The molecule has 18 heavy (non-hydrogen) atoms. The predicted molar refractivity (Wildman–Crippen MR) is 73.3 cm³/mol. The Balaban J connectivity index is 0.000000771. The van der Waals surface area contributed by atoms with Crippen molar-refractivity contribution in [2.75, 3.05) is 13.2 Å². The van der Waals surface area contributed by atoms with E-state index in [9.17, 15) is 5.11 Å². The maximum absolute atomic E-state index is 9.72. The molecule has 1 aliphatic heterocycles. The second kappa shape index (κ2) is 7.98. The van der Waals surface area contributed by atoms with Crippen molar-refractivity contribution in [3.8, 4) is 11.5 Å². The molecule has 1 N–H and O–H groups in total. The predicted octanol–water partition coefficient (Wildman–Crippen LogP) is 3.54. The molecule has 1 aromatic rings. The molecule has 0 aliphatic carbocycles. The highest BCUT2D eigenvalue weighted by molar-refractivity contribution is 5.39. The average molecular weight is 252 g/mol. The van der Waals surface area contributed by atoms with Gasteiger partial charge in [0, 0.05) is 18.9 Å². The third-order valence-corrected chi connectivity index (χ3v) is 2.91. The maximum atomic E-state index is 9.72. The molecule has 0 radical (unpaired) electrons. The monoisotopic (exact) mass is 252 g/mol. The Hall–Kier alpha value is -1.22. The fourth-order valence-corrected chi connectivity index (χ4v) is 1.90. The second-order valence-electron chi connectivity index (χ2n) is 4.07. The van der Waals surface area contributed by atoms with E-state index in [1.54, 1.807) is 6.07 Å². The van der Waals surface area contributed by atoms with Crippen LogP contribution in [0.4, 0.5) is 0 Å². The van der Waals surface area contributed by atoms with Crippen molar-refractivity contribution < 1.29 is 14.6 Å². The van der Waals surface area contributed by atoms with Gasteiger partial charge in [-0.25, -0.2) is 0 Å². The molecule has 0 atom stereocenters. The van der Waals surface area contributed by atoms with E-state index in [4.69, 9.17) is 9.47 Å². The van der Waals surface area contributed by atoms with Crippen LogP contribution in [0.3, 0.4) is 0 Å². The fraction of sp³-hybridized carbons (Fsp3) is 0.600. The van der Waals surface area contributed by atoms with Crippen LogP contribution in [0, 0.1) is 0 Å². The Morgan fingerprint density at radius 1 is 1.28 bits per heavy atom. The number of hydrogen-bond donors (Lipinski definition) is 1. The number of hydrogen-bond acceptors (Lipinski definition) is 3. The molecule has 0 amide bonds. The first kappa shape index (κ1) is 14.8. The number of phenols is 1. The number of aromatic hydroxyl groups is 1. The highest BCUT2D eigenvalue weighted by Crippen LogP contribution is 2.26. The molecule has 2 rings (SSSR count). The van der Waals surface area contributed by atoms with E-state index in [0.717, 1.165) is 43.8 Å². The molecule has 3 heteroatoms. The van der Waals surface area contributed by atoms with Crippen molar-refractivity contribution in [1.29, 1.82) is 0 Å². The minimum Gasteiger partial charge on any atom is -0.508 e. The van der Waals surface area contributed by atoms with Gasteiger partial charge < -0.3 is 14.6 Å². The Kier molecular flexibility index (Phi) is 6.58. The maximum Gasteiger partial charge on any atom is 0.123 e. The summed E-state index contributed by atoms with van der Waals surface area (Å²) < 4.78 is 11.1. The van der Waals surface area contributed by atoms with Crippen LogP contribution in [0.15, 0.2) is 18.2 Å². The molecule has 1 heterocycles. The Labute approximate surface area is 110 Å². The molecular formula is C15H24O3. The summed E-state index contributed by atoms with van der Waals surface area (Å²) in [6.07, 6.45) is 2.91. The quantitative estimate of drug-likeness (QED) is 0.894. The molecule has 0 unspecified atom stereocenters. The standard InChI is InChI=1S/C13H18O3.C2H6/c1-2-10-3-4-12(9-13(10)14)16-11-5-7-15-8-6-11;1-2/h3-4,9,11,14H,2,5-8H2,1H3;1-2H3. The van der Waals surface area contributed by atoms with E-state index < -0.39 is 0 Å². The summed E-state index contributed by atoms with van der Waals surface area (Å²) in [5.41, 5.74) is 0.958. The third kappa shape index (κ3) is 4.22. The first-order valence-electron chi connectivity index (χ1n) is 6.86. The summed E-state index contributed by atoms with van der Waals surface area (Å²) in [6.45, 7) is 7.56. The topological polar surface area (TPSA) is 38.7 Å². The average Bonchev–Trinajstić information content (AvgIpc) is 2.42. The first-order valence-corrected chi connectivity index (χ1v) is 6.86. The van der Waals surface area contributed by atoms with E-state index in [1.807, 2.05) is 32.9 Å². The van der Waals surface area contributed by atoms with Crippen LogP contribution in [-0.2, 0) is 11.2 Å². The molecule has 1 fully saturated rings. The molecule has 0 bridgehead atoms. The van der Waals surface area contributed by atoms with Crippen LogP contribution in [0.5, 0.6) is 11.5 Å². The van der Waals surface area contributed by atoms with Gasteiger partial charge in [-0.05, 0) is 18.1 Å². The fourth-order valence-electron chi connectivity index (χ4n) is 1.90. The van der Waals surface area contributed by atoms with E-state index in [0.29, 0.717) is 5.75 Å². The van der Waals surface area contributed by atoms with Crippen LogP contribution in [0.25, 0.3) is 0 Å². The van der Waals surface area contributed by atoms with Crippen LogP contribution < -0.4 is 4.74 Å². The Morgan fingerprint density at radius 2 is 1.94 bits per heavy atom. The molecule has 3 nitrogen and oxygen atoms in total. The highest BCUT2D eigenvalue weighted by atomic mass is 16.5. The SMILES string of the molecule is CC.CCc1ccc(OC2CCOCC2)cc1O. The molecule has 0 aromatic heterocycles. The van der Waals surface area contributed by atoms with Crippen molar-refractivity contribution in [2.45, 2.75) is 46.1 Å². The normalized spacial score (nSPS) is 15.7. The zero-order chi connectivity index (χ0) is 13.4. The minimum absolute atomic E-state index is 0.223. The lowest BCUT2D eigenvalue weighted by Gasteiger charge is -2.23. The Morgan fingerprint density at radius 3 is 2.50 bits per heavy atom. The minimum atomic E-state index is 0.223. The second-order valence-corrected chi connectivity index (χ2v) is 4.07. The number of ether oxygens (including phenoxy) is 2. The summed E-state index contributed by atoms with van der Waals surface area (Å²) in [5, 5.41) is 9.72. The van der Waals surface area contributed by atoms with Gasteiger partial charge in [0.2, 0.25) is 0 Å². The van der Waals surface area contributed by atoms with Gasteiger partial charge in [-0.2, -0.15) is 0 Å². The summed E-state index contributed by atoms with van der Waals surface area (Å²) in [6, 6.07) is 5.55. The largest absolute Gasteiger partial charge is 0.508 e. The van der Waals surface area contributed by atoms with Crippen molar-refractivity contribution in [3.63, 3.8) is 0 Å². The lowest BCUT2D eigenvalue weighted by atomic mass is 10.1. The molecule has 1 aliphatic rings. The summed E-state index contributed by atoms with van der Waals surface area (Å²) in [5.74, 6) is 1.08. The lowest BCUT2D eigenvalue weighted by molar-refractivity contribution is 0.0255. The van der Waals surface area contributed by atoms with Crippen molar-refractivity contribution in [3.05, 3.63) is 23.8 Å². The van der Waals surface area contributed by atoms with Gasteiger partial charge in [0.15, 0.2) is 0 Å². The van der Waals surface area contributed by atoms with Gasteiger partial charge in [0.1, 0.15) is 17.6 Å². The van der Waals surface area contributed by atoms with Crippen LogP contribution in [0.2, 0.25) is 0 Å². The molecule has 0 saturated carbocycles. The highest BCUT2D eigenvalue weighted by Gasteiger charge is 2.15. The molecule has 1 aromatic carbocycles. The summed E-state index contributed by atoms with van der Waals surface area (Å²) >= 11 is 0. The Bertz CT molecular complexity index is 344. The van der Waals surface area contributed by atoms with E-state index >= 15 is 0 Å². The van der Waals surface area contributed by atoms with Crippen LogP contribution in [-0.4, -0.2) is 24.4 Å². The van der Waals surface area contributed by atoms with Gasteiger partial charge in [-0.3, -0.25) is 0 Å². The van der Waals surface area contributed by atoms with Crippen LogP contribution in [0.1, 0.15) is 39.2 Å². The molecule has 102 valence electrons. The van der Waals surface area contributed by atoms with Crippen molar-refractivity contribution >= 4 is 0 Å². The van der Waals surface area contributed by atoms with Crippen LogP contribution >= 0.6 is 0 Å². The summed E-state index contributed by atoms with van der Waals surface area (Å²) in [7, 11) is 0. The molecular weight excluding hydrogens is 228 g/mol. The van der Waals surface area contributed by atoms with Gasteiger partial charge in [0.05, 0.1) is 13.2 Å². The zero-order valence-corrected chi connectivity index (χ0v) is 11.6. The number of benzene rings is 1. The van der Waals surface area contributed by atoms with E-state index in [1.165, 1.54) is 0 Å². The number of aryl methyl sites for hydroxylation is 1. The zero-order valence-electron chi connectivity index (χ0n) is 11.6. The van der Waals surface area contributed by atoms with Gasteiger partial charge in [-0.1, -0.05) is 26.8 Å². The number of phenolic OH excluding ortho intramolecular Hbond substituents is 1. The van der Waals surface area contributed by atoms with E-state index in [-0.39, 0.29) is 6.10 Å². The molecule has 1 saturated heterocycles. The van der Waals surface area contributed by atoms with Gasteiger partial charge in [-0.15, -0.1) is 0 Å². The van der Waals surface area contributed by atoms with Crippen molar-refractivity contribution in [2.24, 2.45) is 0 Å². The molecule has 0 spiro atoms. The smallest absolute Gasteiger partial charge is 0.123 e. The lowest BCUT2D eigenvalue weighted by Crippen LogP contribution is -2.25. The van der Waals surface area contributed by atoms with Gasteiger partial charge >= 0.3 is 0 Å². The van der Waals surface area contributed by atoms with E-state index in [2.05, 4.69) is 0 Å². The van der Waals surface area contributed by atoms with Crippen molar-refractivity contribution in [1.82, 2.24) is 0 Å². The third-order valence-electron chi connectivity index (χ3n) is 2.91. The van der Waals surface area contributed by atoms with Gasteiger partial charge in [0.25, 0.3) is 0 Å². The summed E-state index contributed by atoms with van der Waals surface area (Å²) in [4.78, 5) is 0. The number of rotatable bonds is 3. The first-order chi connectivity index (χ1) is 8.79.